The van der Waals surface area contributed by atoms with E-state index in [0.29, 0.717) is 6.04 Å². The summed E-state index contributed by atoms with van der Waals surface area (Å²) in [6, 6.07) is 0.672. The molecule has 1 aliphatic heterocycles. The summed E-state index contributed by atoms with van der Waals surface area (Å²) in [7, 11) is 0. The van der Waals surface area contributed by atoms with Gasteiger partial charge in [-0.2, -0.15) is 0 Å². The number of unbranched alkanes of at least 4 members (excludes halogenated alkanes) is 3. The van der Waals surface area contributed by atoms with Crippen molar-refractivity contribution >= 4 is 0 Å². The van der Waals surface area contributed by atoms with E-state index in [9.17, 15) is 0 Å². The normalized spacial score (nSPS) is 23.6. The molecule has 0 spiro atoms. The summed E-state index contributed by atoms with van der Waals surface area (Å²) in [5.41, 5.74) is 0. The van der Waals surface area contributed by atoms with Gasteiger partial charge in [0.15, 0.2) is 0 Å². The van der Waals surface area contributed by atoms with E-state index < -0.39 is 0 Å². The molecule has 1 atom stereocenters. The largest absolute Gasteiger partial charge is 0.297 e. The maximum absolute atomic E-state index is 3.94. The minimum absolute atomic E-state index is 0.672. The third kappa shape index (κ3) is 3.83. The summed E-state index contributed by atoms with van der Waals surface area (Å²) in [5, 5.41) is 0. The Bertz CT molecular complexity index is 153. The molecule has 0 aromatic carbocycles. The molecule has 0 N–H and O–H groups in total. The van der Waals surface area contributed by atoms with Gasteiger partial charge in [-0.1, -0.05) is 38.7 Å². The Morgan fingerprint density at radius 1 is 1.29 bits per heavy atom. The van der Waals surface area contributed by atoms with Crippen LogP contribution in [0, 0.1) is 0 Å². The first kappa shape index (κ1) is 11.8. The topological polar surface area (TPSA) is 3.24 Å². The molecule has 0 aromatic rings. The summed E-state index contributed by atoms with van der Waals surface area (Å²) >= 11 is 0. The Hall–Kier alpha value is -0.300. The molecular formula is C13H25N. The van der Waals surface area contributed by atoms with Crippen LogP contribution >= 0.6 is 0 Å². The van der Waals surface area contributed by atoms with Gasteiger partial charge >= 0.3 is 0 Å². The van der Waals surface area contributed by atoms with Gasteiger partial charge in [-0.3, -0.25) is 4.90 Å². The Balaban J connectivity index is 2.16. The van der Waals surface area contributed by atoms with Gasteiger partial charge < -0.3 is 0 Å². The van der Waals surface area contributed by atoms with Crippen molar-refractivity contribution in [1.82, 2.24) is 4.90 Å². The van der Waals surface area contributed by atoms with E-state index >= 15 is 0 Å². The monoisotopic (exact) mass is 195 g/mol. The summed E-state index contributed by atoms with van der Waals surface area (Å²) in [5.74, 6) is 0. The van der Waals surface area contributed by atoms with Crippen molar-refractivity contribution in [2.45, 2.75) is 57.9 Å². The van der Waals surface area contributed by atoms with E-state index in [0.717, 1.165) is 0 Å². The highest BCUT2D eigenvalue weighted by Crippen LogP contribution is 2.18. The van der Waals surface area contributed by atoms with E-state index in [4.69, 9.17) is 0 Å². The standard InChI is InChI=1S/C13H25N/c1-3-5-6-8-11-14-12-9-7-10-13(14)4-2/h4,13H,2-3,5-12H2,1H3. The number of nitrogens with zero attached hydrogens (tertiary/aromatic N) is 1. The van der Waals surface area contributed by atoms with Crippen molar-refractivity contribution in [3.05, 3.63) is 12.7 Å². The van der Waals surface area contributed by atoms with E-state index in [1.807, 2.05) is 0 Å². The number of hydrogen-bond acceptors (Lipinski definition) is 1. The first-order valence-electron chi connectivity index (χ1n) is 6.25. The molecule has 1 unspecified atom stereocenters. The molecule has 82 valence electrons. The van der Waals surface area contributed by atoms with Gasteiger partial charge in [-0.15, -0.1) is 6.58 Å². The van der Waals surface area contributed by atoms with Crippen molar-refractivity contribution in [2.75, 3.05) is 13.1 Å². The first-order valence-corrected chi connectivity index (χ1v) is 6.25. The van der Waals surface area contributed by atoms with Crippen LogP contribution < -0.4 is 0 Å². The molecule has 0 aromatic heterocycles. The SMILES string of the molecule is C=CC1CCCCN1CCCCCC. The molecule has 0 saturated carbocycles. The zero-order valence-corrected chi connectivity index (χ0v) is 9.67. The van der Waals surface area contributed by atoms with Crippen molar-refractivity contribution < 1.29 is 0 Å². The van der Waals surface area contributed by atoms with Crippen LogP contribution in [-0.2, 0) is 0 Å². The molecule has 0 bridgehead atoms. The minimum atomic E-state index is 0.672. The van der Waals surface area contributed by atoms with E-state index in [2.05, 4.69) is 24.5 Å². The lowest BCUT2D eigenvalue weighted by molar-refractivity contribution is 0.176. The summed E-state index contributed by atoms with van der Waals surface area (Å²) in [6.07, 6.45) is 11.8. The van der Waals surface area contributed by atoms with Gasteiger partial charge in [0, 0.05) is 6.04 Å². The number of piperidine rings is 1. The highest BCUT2D eigenvalue weighted by molar-refractivity contribution is 4.90. The Morgan fingerprint density at radius 2 is 2.14 bits per heavy atom. The maximum Gasteiger partial charge on any atom is 0.0275 e. The van der Waals surface area contributed by atoms with Crippen molar-refractivity contribution in [3.8, 4) is 0 Å². The lowest BCUT2D eigenvalue weighted by Crippen LogP contribution is -2.38. The molecule has 1 fully saturated rings. The van der Waals surface area contributed by atoms with E-state index in [-0.39, 0.29) is 0 Å². The Labute approximate surface area is 89.2 Å². The van der Waals surface area contributed by atoms with Gasteiger partial charge in [-0.25, -0.2) is 0 Å². The molecule has 1 saturated heterocycles. The van der Waals surface area contributed by atoms with Gasteiger partial charge in [0.25, 0.3) is 0 Å². The second-order valence-corrected chi connectivity index (χ2v) is 4.40. The quantitative estimate of drug-likeness (QED) is 0.462. The predicted octanol–water partition coefficient (Wildman–Crippen LogP) is 3.61. The zero-order valence-electron chi connectivity index (χ0n) is 9.67. The van der Waals surface area contributed by atoms with E-state index in [1.54, 1.807) is 0 Å². The van der Waals surface area contributed by atoms with Crippen LogP contribution in [0.5, 0.6) is 0 Å². The number of rotatable bonds is 6. The molecule has 1 heterocycles. The average molecular weight is 195 g/mol. The average Bonchev–Trinajstić information content (AvgIpc) is 2.25. The van der Waals surface area contributed by atoms with Gasteiger partial charge in [0.2, 0.25) is 0 Å². The fourth-order valence-corrected chi connectivity index (χ4v) is 2.30. The minimum Gasteiger partial charge on any atom is -0.297 e. The van der Waals surface area contributed by atoms with Crippen LogP contribution in [0.15, 0.2) is 12.7 Å². The van der Waals surface area contributed by atoms with Crippen molar-refractivity contribution in [2.24, 2.45) is 0 Å². The fourth-order valence-electron chi connectivity index (χ4n) is 2.30. The molecular weight excluding hydrogens is 170 g/mol. The second-order valence-electron chi connectivity index (χ2n) is 4.40. The fraction of sp³-hybridized carbons (Fsp3) is 0.846. The summed E-state index contributed by atoms with van der Waals surface area (Å²) < 4.78 is 0. The third-order valence-electron chi connectivity index (χ3n) is 3.24. The molecule has 1 aliphatic rings. The number of likely N-dealkylation sites (tertiary alicyclic amines) is 1. The van der Waals surface area contributed by atoms with Crippen molar-refractivity contribution in [1.29, 1.82) is 0 Å². The van der Waals surface area contributed by atoms with Gasteiger partial charge in [0.1, 0.15) is 0 Å². The molecule has 1 heteroatoms. The lowest BCUT2D eigenvalue weighted by atomic mass is 10.0. The van der Waals surface area contributed by atoms with E-state index in [1.165, 1.54) is 58.0 Å². The zero-order chi connectivity index (χ0) is 10.2. The summed E-state index contributed by atoms with van der Waals surface area (Å²) in [6.45, 7) is 8.79. The van der Waals surface area contributed by atoms with Crippen LogP contribution in [0.1, 0.15) is 51.9 Å². The van der Waals surface area contributed by atoms with Crippen LogP contribution in [0.25, 0.3) is 0 Å². The van der Waals surface area contributed by atoms with Gasteiger partial charge in [-0.05, 0) is 32.4 Å². The van der Waals surface area contributed by atoms with Gasteiger partial charge in [0.05, 0.1) is 0 Å². The third-order valence-corrected chi connectivity index (χ3v) is 3.24. The lowest BCUT2D eigenvalue weighted by Gasteiger charge is -2.33. The summed E-state index contributed by atoms with van der Waals surface area (Å²) in [4.78, 5) is 2.62. The molecule has 14 heavy (non-hydrogen) atoms. The van der Waals surface area contributed by atoms with Crippen molar-refractivity contribution in [3.63, 3.8) is 0 Å². The first-order chi connectivity index (χ1) is 6.88. The van der Waals surface area contributed by atoms with Crippen LogP contribution in [-0.4, -0.2) is 24.0 Å². The number of hydrogen-bond donors (Lipinski definition) is 0. The van der Waals surface area contributed by atoms with Crippen LogP contribution in [0.3, 0.4) is 0 Å². The van der Waals surface area contributed by atoms with Crippen LogP contribution in [0.4, 0.5) is 0 Å². The predicted molar refractivity (Wildman–Crippen MR) is 63.6 cm³/mol. The molecule has 0 amide bonds. The maximum atomic E-state index is 3.94. The highest BCUT2D eigenvalue weighted by Gasteiger charge is 2.18. The second kappa shape index (κ2) is 7.05. The molecule has 0 aliphatic carbocycles. The smallest absolute Gasteiger partial charge is 0.0275 e. The highest BCUT2D eigenvalue weighted by atomic mass is 15.2. The molecule has 0 radical (unpaired) electrons. The molecule has 1 rings (SSSR count). The van der Waals surface area contributed by atoms with Crippen LogP contribution in [0.2, 0.25) is 0 Å². The Morgan fingerprint density at radius 3 is 2.86 bits per heavy atom. The molecule has 1 nitrogen and oxygen atoms in total. The Kier molecular flexibility index (Phi) is 5.93.